The Labute approximate surface area is 106 Å². The summed E-state index contributed by atoms with van der Waals surface area (Å²) in [6.07, 6.45) is 1.58. The maximum absolute atomic E-state index is 12.2. The Morgan fingerprint density at radius 2 is 1.94 bits per heavy atom. The number of carbonyl (C=O) groups excluding carboxylic acids is 1. The predicted molar refractivity (Wildman–Crippen MR) is 71.0 cm³/mol. The lowest BCUT2D eigenvalue weighted by Crippen LogP contribution is -2.11. The summed E-state index contributed by atoms with van der Waals surface area (Å²) in [4.78, 5) is 22.5. The first kappa shape index (κ1) is 12.2. The van der Waals surface area contributed by atoms with Crippen LogP contribution in [0.5, 0.6) is 0 Å². The molecule has 0 bridgehead atoms. The molecule has 4 heteroatoms. The molecule has 4 nitrogen and oxygen atoms in total. The Bertz CT molecular complexity index is 562. The van der Waals surface area contributed by atoms with Gasteiger partial charge in [-0.3, -0.25) is 4.79 Å². The number of carbonyl (C=O) groups is 1. The van der Waals surface area contributed by atoms with Gasteiger partial charge in [-0.1, -0.05) is 6.07 Å². The van der Waals surface area contributed by atoms with Crippen molar-refractivity contribution in [3.05, 3.63) is 53.5 Å². The first-order valence-corrected chi connectivity index (χ1v) is 5.69. The van der Waals surface area contributed by atoms with E-state index in [1.165, 1.54) is 0 Å². The fourth-order valence-electron chi connectivity index (χ4n) is 1.60. The molecule has 0 amide bonds. The summed E-state index contributed by atoms with van der Waals surface area (Å²) in [7, 11) is 3.82. The van der Waals surface area contributed by atoms with Crippen LogP contribution in [0.15, 0.2) is 36.5 Å². The average Bonchev–Trinajstić information content (AvgIpc) is 2.38. The molecule has 0 aliphatic carbocycles. The minimum absolute atomic E-state index is 0.100. The zero-order valence-electron chi connectivity index (χ0n) is 10.7. The van der Waals surface area contributed by atoms with Crippen molar-refractivity contribution in [2.45, 2.75) is 6.92 Å². The van der Waals surface area contributed by atoms with Crippen molar-refractivity contribution in [3.63, 3.8) is 0 Å². The third-order valence-electron chi connectivity index (χ3n) is 2.59. The fourth-order valence-corrected chi connectivity index (χ4v) is 1.60. The molecule has 0 fully saturated rings. The molecular weight excluding hydrogens is 226 g/mol. The van der Waals surface area contributed by atoms with Gasteiger partial charge in [-0.05, 0) is 31.2 Å². The van der Waals surface area contributed by atoms with Crippen LogP contribution < -0.4 is 4.90 Å². The van der Waals surface area contributed by atoms with Gasteiger partial charge in [-0.25, -0.2) is 9.97 Å². The average molecular weight is 241 g/mol. The molecule has 0 aromatic carbocycles. The van der Waals surface area contributed by atoms with Gasteiger partial charge >= 0.3 is 0 Å². The van der Waals surface area contributed by atoms with Gasteiger partial charge in [0.25, 0.3) is 0 Å². The van der Waals surface area contributed by atoms with E-state index in [2.05, 4.69) is 9.97 Å². The molecule has 18 heavy (non-hydrogen) atoms. The Morgan fingerprint density at radius 3 is 2.50 bits per heavy atom. The van der Waals surface area contributed by atoms with E-state index in [-0.39, 0.29) is 5.78 Å². The van der Waals surface area contributed by atoms with E-state index in [1.54, 1.807) is 18.3 Å². The molecule has 2 aromatic rings. The van der Waals surface area contributed by atoms with Crippen molar-refractivity contribution < 1.29 is 4.79 Å². The number of rotatable bonds is 3. The van der Waals surface area contributed by atoms with Gasteiger partial charge in [0.2, 0.25) is 5.78 Å². The highest BCUT2D eigenvalue weighted by atomic mass is 16.1. The number of pyridine rings is 2. The fraction of sp³-hybridized carbons (Fsp3) is 0.214. The number of nitrogens with zero attached hydrogens (tertiary/aromatic N) is 3. The maximum atomic E-state index is 12.2. The Balaban J connectivity index is 2.29. The number of aryl methyl sites for hydroxylation is 1. The van der Waals surface area contributed by atoms with E-state index < -0.39 is 0 Å². The van der Waals surface area contributed by atoms with Crippen LogP contribution >= 0.6 is 0 Å². The second-order valence-electron chi connectivity index (χ2n) is 4.29. The summed E-state index contributed by atoms with van der Waals surface area (Å²) in [5.41, 5.74) is 1.84. The lowest BCUT2D eigenvalue weighted by Gasteiger charge is -2.10. The van der Waals surface area contributed by atoms with Crippen LogP contribution in [0, 0.1) is 6.92 Å². The summed E-state index contributed by atoms with van der Waals surface area (Å²) in [5.74, 6) is 0.722. The van der Waals surface area contributed by atoms with E-state index in [0.29, 0.717) is 11.3 Å². The van der Waals surface area contributed by atoms with Gasteiger partial charge in [0.05, 0.1) is 0 Å². The molecule has 2 rings (SSSR count). The first-order valence-electron chi connectivity index (χ1n) is 5.69. The highest BCUT2D eigenvalue weighted by molar-refractivity contribution is 6.07. The minimum Gasteiger partial charge on any atom is -0.363 e. The second-order valence-corrected chi connectivity index (χ2v) is 4.29. The standard InChI is InChI=1S/C14H15N3O/c1-10-5-4-6-12(16-10)14(18)11-7-8-13(15-9-11)17(2)3/h4-9H,1-3H3. The number of hydrogen-bond acceptors (Lipinski definition) is 4. The van der Waals surface area contributed by atoms with Crippen LogP contribution in [0.4, 0.5) is 5.82 Å². The van der Waals surface area contributed by atoms with Gasteiger partial charge in [0, 0.05) is 31.5 Å². The molecule has 2 heterocycles. The van der Waals surface area contributed by atoms with Crippen molar-refractivity contribution in [1.82, 2.24) is 9.97 Å². The SMILES string of the molecule is Cc1cccc(C(=O)c2ccc(N(C)C)nc2)n1. The predicted octanol–water partition coefficient (Wildman–Crippen LogP) is 2.08. The molecule has 0 unspecified atom stereocenters. The Hall–Kier alpha value is -2.23. The molecule has 92 valence electrons. The molecule has 0 atom stereocenters. The Kier molecular flexibility index (Phi) is 3.37. The summed E-state index contributed by atoms with van der Waals surface area (Å²) >= 11 is 0. The topological polar surface area (TPSA) is 46.1 Å². The highest BCUT2D eigenvalue weighted by Crippen LogP contribution is 2.11. The number of ketones is 1. The van der Waals surface area contributed by atoms with Gasteiger partial charge < -0.3 is 4.90 Å². The third-order valence-corrected chi connectivity index (χ3v) is 2.59. The number of anilines is 1. The first-order chi connectivity index (χ1) is 8.58. The monoisotopic (exact) mass is 241 g/mol. The maximum Gasteiger partial charge on any atom is 0.212 e. The molecule has 0 spiro atoms. The van der Waals surface area contributed by atoms with E-state index in [9.17, 15) is 4.79 Å². The smallest absolute Gasteiger partial charge is 0.212 e. The van der Waals surface area contributed by atoms with Gasteiger partial charge in [-0.15, -0.1) is 0 Å². The van der Waals surface area contributed by atoms with Crippen LogP contribution in [0.25, 0.3) is 0 Å². The van der Waals surface area contributed by atoms with E-state index >= 15 is 0 Å². The van der Waals surface area contributed by atoms with E-state index in [0.717, 1.165) is 11.5 Å². The van der Waals surface area contributed by atoms with Crippen LogP contribution in [0.1, 0.15) is 21.7 Å². The van der Waals surface area contributed by atoms with E-state index in [1.807, 2.05) is 44.1 Å². The largest absolute Gasteiger partial charge is 0.363 e. The number of aromatic nitrogens is 2. The van der Waals surface area contributed by atoms with Crippen LogP contribution in [-0.4, -0.2) is 29.8 Å². The summed E-state index contributed by atoms with van der Waals surface area (Å²) < 4.78 is 0. The molecule has 2 aromatic heterocycles. The molecule has 0 N–H and O–H groups in total. The zero-order chi connectivity index (χ0) is 13.1. The van der Waals surface area contributed by atoms with Crippen LogP contribution in [-0.2, 0) is 0 Å². The summed E-state index contributed by atoms with van der Waals surface area (Å²) in [6.45, 7) is 1.87. The molecular formula is C14H15N3O. The molecule has 0 aliphatic heterocycles. The lowest BCUT2D eigenvalue weighted by molar-refractivity contribution is 0.103. The van der Waals surface area contributed by atoms with Crippen LogP contribution in [0.3, 0.4) is 0 Å². The molecule has 0 saturated heterocycles. The molecule has 0 saturated carbocycles. The molecule has 0 radical (unpaired) electrons. The lowest BCUT2D eigenvalue weighted by atomic mass is 10.1. The third kappa shape index (κ3) is 2.53. The Morgan fingerprint density at radius 1 is 1.17 bits per heavy atom. The van der Waals surface area contributed by atoms with Crippen molar-refractivity contribution in [2.24, 2.45) is 0 Å². The van der Waals surface area contributed by atoms with Crippen molar-refractivity contribution >= 4 is 11.6 Å². The summed E-state index contributed by atoms with van der Waals surface area (Å²) in [5, 5.41) is 0. The summed E-state index contributed by atoms with van der Waals surface area (Å²) in [6, 6.07) is 9.01. The van der Waals surface area contributed by atoms with Crippen molar-refractivity contribution in [2.75, 3.05) is 19.0 Å². The minimum atomic E-state index is -0.100. The van der Waals surface area contributed by atoms with Gasteiger partial charge in [0.15, 0.2) is 0 Å². The highest BCUT2D eigenvalue weighted by Gasteiger charge is 2.11. The normalized spacial score (nSPS) is 10.2. The second kappa shape index (κ2) is 4.96. The van der Waals surface area contributed by atoms with Gasteiger partial charge in [0.1, 0.15) is 11.5 Å². The van der Waals surface area contributed by atoms with Gasteiger partial charge in [-0.2, -0.15) is 0 Å². The number of hydrogen-bond donors (Lipinski definition) is 0. The van der Waals surface area contributed by atoms with E-state index in [4.69, 9.17) is 0 Å². The van der Waals surface area contributed by atoms with Crippen LogP contribution in [0.2, 0.25) is 0 Å². The van der Waals surface area contributed by atoms with Crippen molar-refractivity contribution in [1.29, 1.82) is 0 Å². The molecule has 0 aliphatic rings. The zero-order valence-corrected chi connectivity index (χ0v) is 10.7. The van der Waals surface area contributed by atoms with Crippen molar-refractivity contribution in [3.8, 4) is 0 Å². The quantitative estimate of drug-likeness (QED) is 0.772.